The van der Waals surface area contributed by atoms with Crippen molar-refractivity contribution in [2.24, 2.45) is 0 Å². The van der Waals surface area contributed by atoms with E-state index in [1.165, 1.54) is 7.11 Å². The number of rotatable bonds is 4. The molecular weight excluding hydrogens is 234 g/mol. The molecular formula is C13H17NO4. The second-order valence-electron chi connectivity index (χ2n) is 4.20. The Hall–Kier alpha value is -1.59. The van der Waals surface area contributed by atoms with Crippen LogP contribution in [0.5, 0.6) is 5.75 Å². The maximum absolute atomic E-state index is 11.2. The van der Waals surface area contributed by atoms with Gasteiger partial charge < -0.3 is 14.6 Å². The van der Waals surface area contributed by atoms with Crippen LogP contribution < -0.4 is 4.74 Å². The Balaban J connectivity index is 1.95. The lowest BCUT2D eigenvalue weighted by atomic mass is 10.2. The van der Waals surface area contributed by atoms with Gasteiger partial charge in [-0.15, -0.1) is 0 Å². The van der Waals surface area contributed by atoms with E-state index in [0.717, 1.165) is 25.9 Å². The van der Waals surface area contributed by atoms with Crippen LogP contribution in [-0.2, 0) is 4.74 Å². The van der Waals surface area contributed by atoms with Crippen molar-refractivity contribution in [2.75, 3.05) is 20.2 Å². The number of aliphatic hydroxyl groups is 1. The summed E-state index contributed by atoms with van der Waals surface area (Å²) < 4.78 is 10.00. The minimum atomic E-state index is -0.920. The fourth-order valence-electron chi connectivity index (χ4n) is 1.95. The molecule has 1 aromatic carbocycles. The third kappa shape index (κ3) is 3.00. The van der Waals surface area contributed by atoms with Crippen molar-refractivity contribution in [1.29, 1.82) is 0 Å². The Morgan fingerprint density at radius 2 is 1.89 bits per heavy atom. The minimum absolute atomic E-state index is 0.387. The maximum atomic E-state index is 11.2. The van der Waals surface area contributed by atoms with Gasteiger partial charge in [-0.3, -0.25) is 0 Å². The number of methoxy groups -OCH3 is 1. The molecule has 18 heavy (non-hydrogen) atoms. The smallest absolute Gasteiger partial charge is 0.337 e. The largest absolute Gasteiger partial charge is 0.465 e. The van der Waals surface area contributed by atoms with Gasteiger partial charge in [-0.05, 0) is 37.1 Å². The molecule has 0 radical (unpaired) electrons. The van der Waals surface area contributed by atoms with Crippen LogP contribution in [0.4, 0.5) is 0 Å². The highest BCUT2D eigenvalue weighted by atomic mass is 16.6. The standard InChI is InChI=1S/C13H17NO4/c1-17-12(15)10-4-6-11(7-5-10)18-13(16)14-8-2-3-9-14/h4-7,13,16H,2-3,8-9H2,1H3. The number of ether oxygens (including phenoxy) is 2. The van der Waals surface area contributed by atoms with E-state index in [9.17, 15) is 9.90 Å². The number of carbonyl (C=O) groups is 1. The normalized spacial score (nSPS) is 17.4. The van der Waals surface area contributed by atoms with Crippen LogP contribution in [-0.4, -0.2) is 42.6 Å². The number of carbonyl (C=O) groups excluding carboxylic acids is 1. The lowest BCUT2D eigenvalue weighted by Gasteiger charge is -2.22. The maximum Gasteiger partial charge on any atom is 0.337 e. The van der Waals surface area contributed by atoms with E-state index < -0.39 is 6.41 Å². The average Bonchev–Trinajstić information content (AvgIpc) is 2.92. The van der Waals surface area contributed by atoms with Crippen LogP contribution in [0.1, 0.15) is 23.2 Å². The van der Waals surface area contributed by atoms with Gasteiger partial charge in [-0.25, -0.2) is 9.69 Å². The van der Waals surface area contributed by atoms with Crippen LogP contribution in [0.3, 0.4) is 0 Å². The second-order valence-corrected chi connectivity index (χ2v) is 4.20. The van der Waals surface area contributed by atoms with E-state index in [4.69, 9.17) is 4.74 Å². The van der Waals surface area contributed by atoms with Crippen molar-refractivity contribution in [3.05, 3.63) is 29.8 Å². The summed E-state index contributed by atoms with van der Waals surface area (Å²) in [5.41, 5.74) is 0.459. The molecule has 1 heterocycles. The lowest BCUT2D eigenvalue weighted by molar-refractivity contribution is -0.126. The summed E-state index contributed by atoms with van der Waals surface area (Å²) >= 11 is 0. The number of benzene rings is 1. The van der Waals surface area contributed by atoms with Crippen molar-refractivity contribution in [2.45, 2.75) is 19.3 Å². The number of esters is 1. The number of likely N-dealkylation sites (tertiary alicyclic amines) is 1. The van der Waals surface area contributed by atoms with Gasteiger partial charge in [0.2, 0.25) is 0 Å². The first kappa shape index (κ1) is 12.9. The third-order valence-corrected chi connectivity index (χ3v) is 2.97. The molecule has 1 aromatic rings. The average molecular weight is 251 g/mol. The third-order valence-electron chi connectivity index (χ3n) is 2.97. The molecule has 98 valence electrons. The molecule has 0 amide bonds. The van der Waals surface area contributed by atoms with Gasteiger partial charge in [0.25, 0.3) is 6.41 Å². The quantitative estimate of drug-likeness (QED) is 0.644. The lowest BCUT2D eigenvalue weighted by Crippen LogP contribution is -2.37. The van der Waals surface area contributed by atoms with E-state index >= 15 is 0 Å². The van der Waals surface area contributed by atoms with Crippen LogP contribution >= 0.6 is 0 Å². The molecule has 5 heteroatoms. The van der Waals surface area contributed by atoms with Crippen molar-refractivity contribution in [3.63, 3.8) is 0 Å². The first-order valence-electron chi connectivity index (χ1n) is 5.98. The molecule has 1 unspecified atom stereocenters. The fourth-order valence-corrected chi connectivity index (χ4v) is 1.95. The summed E-state index contributed by atoms with van der Waals surface area (Å²) in [6, 6.07) is 6.51. The predicted octanol–water partition coefficient (Wildman–Crippen LogP) is 1.22. The summed E-state index contributed by atoms with van der Waals surface area (Å²) in [5, 5.41) is 9.84. The van der Waals surface area contributed by atoms with Crippen molar-refractivity contribution < 1.29 is 19.4 Å². The summed E-state index contributed by atoms with van der Waals surface area (Å²) in [7, 11) is 1.34. The highest BCUT2D eigenvalue weighted by molar-refractivity contribution is 5.89. The summed E-state index contributed by atoms with van der Waals surface area (Å²) in [6.45, 7) is 1.70. The van der Waals surface area contributed by atoms with E-state index in [1.807, 2.05) is 4.90 Å². The Bertz CT molecular complexity index is 398. The van der Waals surface area contributed by atoms with E-state index in [0.29, 0.717) is 11.3 Å². The number of hydrogen-bond donors (Lipinski definition) is 1. The second kappa shape index (κ2) is 5.84. The van der Waals surface area contributed by atoms with Crippen LogP contribution in [0, 0.1) is 0 Å². The highest BCUT2D eigenvalue weighted by Gasteiger charge is 2.20. The van der Waals surface area contributed by atoms with Crippen molar-refractivity contribution in [1.82, 2.24) is 4.90 Å². The van der Waals surface area contributed by atoms with Gasteiger partial charge in [0.05, 0.1) is 12.7 Å². The summed E-state index contributed by atoms with van der Waals surface area (Å²) in [4.78, 5) is 13.1. The Labute approximate surface area is 106 Å². The molecule has 0 spiro atoms. The summed E-state index contributed by atoms with van der Waals surface area (Å²) in [6.07, 6.45) is 1.25. The molecule has 0 aromatic heterocycles. The van der Waals surface area contributed by atoms with Gasteiger partial charge in [0.1, 0.15) is 5.75 Å². The van der Waals surface area contributed by atoms with Crippen molar-refractivity contribution >= 4 is 5.97 Å². The zero-order valence-corrected chi connectivity index (χ0v) is 10.3. The molecule has 0 bridgehead atoms. The molecule has 1 aliphatic heterocycles. The molecule has 1 fully saturated rings. The highest BCUT2D eigenvalue weighted by Crippen LogP contribution is 2.17. The molecule has 2 rings (SSSR count). The molecule has 5 nitrogen and oxygen atoms in total. The van der Waals surface area contributed by atoms with Gasteiger partial charge in [0.15, 0.2) is 0 Å². The first-order valence-corrected chi connectivity index (χ1v) is 5.98. The van der Waals surface area contributed by atoms with Gasteiger partial charge in [0, 0.05) is 13.1 Å². The van der Waals surface area contributed by atoms with Gasteiger partial charge in [-0.1, -0.05) is 0 Å². The van der Waals surface area contributed by atoms with Crippen LogP contribution in [0.15, 0.2) is 24.3 Å². The number of nitrogens with zero attached hydrogens (tertiary/aromatic N) is 1. The zero-order chi connectivity index (χ0) is 13.0. The fraction of sp³-hybridized carbons (Fsp3) is 0.462. The molecule has 1 N–H and O–H groups in total. The van der Waals surface area contributed by atoms with E-state index in [1.54, 1.807) is 24.3 Å². The molecule has 0 aliphatic carbocycles. The SMILES string of the molecule is COC(=O)c1ccc(OC(O)N2CCCC2)cc1. The van der Waals surface area contributed by atoms with Gasteiger partial charge >= 0.3 is 5.97 Å². The van der Waals surface area contributed by atoms with Crippen LogP contribution in [0.25, 0.3) is 0 Å². The zero-order valence-electron chi connectivity index (χ0n) is 10.3. The number of aliphatic hydroxyl groups excluding tert-OH is 1. The monoisotopic (exact) mass is 251 g/mol. The van der Waals surface area contributed by atoms with E-state index in [-0.39, 0.29) is 5.97 Å². The minimum Gasteiger partial charge on any atom is -0.465 e. The van der Waals surface area contributed by atoms with E-state index in [2.05, 4.69) is 4.74 Å². The molecule has 1 saturated heterocycles. The molecule has 1 aliphatic rings. The van der Waals surface area contributed by atoms with Crippen molar-refractivity contribution in [3.8, 4) is 5.75 Å². The predicted molar refractivity (Wildman–Crippen MR) is 65.2 cm³/mol. The Kier molecular flexibility index (Phi) is 4.17. The molecule has 0 saturated carbocycles. The number of hydrogen-bond acceptors (Lipinski definition) is 5. The topological polar surface area (TPSA) is 59.0 Å². The first-order chi connectivity index (χ1) is 8.70. The summed E-state index contributed by atoms with van der Waals surface area (Å²) in [5.74, 6) is 0.142. The van der Waals surface area contributed by atoms with Gasteiger partial charge in [-0.2, -0.15) is 0 Å². The Morgan fingerprint density at radius 1 is 1.28 bits per heavy atom. The Morgan fingerprint density at radius 3 is 2.44 bits per heavy atom. The van der Waals surface area contributed by atoms with Crippen LogP contribution in [0.2, 0.25) is 0 Å². The molecule has 1 atom stereocenters.